The zero-order chi connectivity index (χ0) is 8.93. The van der Waals surface area contributed by atoms with Gasteiger partial charge in [0.05, 0.1) is 0 Å². The first-order chi connectivity index (χ1) is 6.45. The minimum Gasteiger partial charge on any atom is -0.314 e. The summed E-state index contributed by atoms with van der Waals surface area (Å²) in [5, 5.41) is 6.98. The molecule has 2 N–H and O–H groups in total. The third kappa shape index (κ3) is 2.93. The Hall–Kier alpha value is -0.120. The van der Waals surface area contributed by atoms with Crippen molar-refractivity contribution in [2.75, 3.05) is 39.3 Å². The van der Waals surface area contributed by atoms with Crippen LogP contribution in [0.1, 0.15) is 19.3 Å². The van der Waals surface area contributed by atoms with Crippen molar-refractivity contribution in [2.45, 2.75) is 25.3 Å². The summed E-state index contributed by atoms with van der Waals surface area (Å²) >= 11 is 0. The molecule has 2 fully saturated rings. The first-order valence-corrected chi connectivity index (χ1v) is 5.61. The molecule has 1 saturated heterocycles. The number of nitrogens with zero attached hydrogens (tertiary/aromatic N) is 1. The second-order valence-electron chi connectivity index (χ2n) is 4.17. The molecule has 3 nitrogen and oxygen atoms in total. The molecule has 1 heterocycles. The predicted octanol–water partition coefficient (Wildman–Crippen LogP) is 0.0337. The van der Waals surface area contributed by atoms with Crippen molar-refractivity contribution in [3.63, 3.8) is 0 Å². The Morgan fingerprint density at radius 2 is 2.00 bits per heavy atom. The quantitative estimate of drug-likeness (QED) is 0.644. The van der Waals surface area contributed by atoms with Crippen molar-refractivity contribution in [1.82, 2.24) is 15.5 Å². The van der Waals surface area contributed by atoms with E-state index in [0.717, 1.165) is 6.04 Å². The fraction of sp³-hybridized carbons (Fsp3) is 1.00. The fourth-order valence-electron chi connectivity index (χ4n) is 1.97. The van der Waals surface area contributed by atoms with Gasteiger partial charge in [-0.1, -0.05) is 6.42 Å². The molecular weight excluding hydrogens is 162 g/mol. The molecular formula is C10H21N3. The standard InChI is InChI=1S/C10H21N3/c1-2-10(3-1)12-6-9-13-7-4-11-5-8-13/h10-12H,1-9H2. The van der Waals surface area contributed by atoms with E-state index in [1.165, 1.54) is 58.5 Å². The van der Waals surface area contributed by atoms with Gasteiger partial charge in [0.2, 0.25) is 0 Å². The summed E-state index contributed by atoms with van der Waals surface area (Å²) in [4.78, 5) is 2.54. The van der Waals surface area contributed by atoms with E-state index in [9.17, 15) is 0 Å². The topological polar surface area (TPSA) is 27.3 Å². The smallest absolute Gasteiger partial charge is 0.0108 e. The molecule has 1 aliphatic heterocycles. The van der Waals surface area contributed by atoms with Crippen LogP contribution in [0.15, 0.2) is 0 Å². The molecule has 0 radical (unpaired) electrons. The fourth-order valence-corrected chi connectivity index (χ4v) is 1.97. The number of piperazine rings is 1. The molecule has 13 heavy (non-hydrogen) atoms. The van der Waals surface area contributed by atoms with E-state index < -0.39 is 0 Å². The van der Waals surface area contributed by atoms with Crippen molar-refractivity contribution in [1.29, 1.82) is 0 Å². The van der Waals surface area contributed by atoms with Crippen LogP contribution in [0.3, 0.4) is 0 Å². The van der Waals surface area contributed by atoms with Crippen LogP contribution in [0, 0.1) is 0 Å². The highest BCUT2D eigenvalue weighted by molar-refractivity contribution is 4.77. The van der Waals surface area contributed by atoms with Gasteiger partial charge in [-0.25, -0.2) is 0 Å². The summed E-state index contributed by atoms with van der Waals surface area (Å²) in [5.41, 5.74) is 0. The molecule has 76 valence electrons. The third-order valence-corrected chi connectivity index (χ3v) is 3.18. The first kappa shape index (κ1) is 9.44. The van der Waals surface area contributed by atoms with Gasteiger partial charge in [-0.05, 0) is 12.8 Å². The lowest BCUT2D eigenvalue weighted by atomic mass is 9.93. The molecule has 0 atom stereocenters. The number of hydrogen-bond acceptors (Lipinski definition) is 3. The van der Waals surface area contributed by atoms with Gasteiger partial charge in [0.25, 0.3) is 0 Å². The average molecular weight is 183 g/mol. The zero-order valence-corrected chi connectivity index (χ0v) is 8.39. The van der Waals surface area contributed by atoms with E-state index in [2.05, 4.69) is 15.5 Å². The highest BCUT2D eigenvalue weighted by Crippen LogP contribution is 2.17. The Kier molecular flexibility index (Phi) is 3.58. The summed E-state index contributed by atoms with van der Waals surface area (Å²) in [6.07, 6.45) is 4.24. The maximum absolute atomic E-state index is 3.60. The summed E-state index contributed by atoms with van der Waals surface area (Å²) < 4.78 is 0. The molecule has 0 unspecified atom stereocenters. The molecule has 0 bridgehead atoms. The van der Waals surface area contributed by atoms with E-state index in [4.69, 9.17) is 0 Å². The van der Waals surface area contributed by atoms with Crippen molar-refractivity contribution >= 4 is 0 Å². The van der Waals surface area contributed by atoms with E-state index >= 15 is 0 Å². The molecule has 1 aliphatic carbocycles. The van der Waals surface area contributed by atoms with Gasteiger partial charge in [-0.3, -0.25) is 4.90 Å². The Balaban J connectivity index is 1.50. The minimum atomic E-state index is 0.850. The maximum Gasteiger partial charge on any atom is 0.0108 e. The Morgan fingerprint density at radius 3 is 2.62 bits per heavy atom. The van der Waals surface area contributed by atoms with E-state index in [1.54, 1.807) is 0 Å². The highest BCUT2D eigenvalue weighted by atomic mass is 15.2. The SMILES string of the molecule is C1CC(NCCN2CCNCC2)C1. The van der Waals surface area contributed by atoms with Gasteiger partial charge >= 0.3 is 0 Å². The zero-order valence-electron chi connectivity index (χ0n) is 8.39. The normalized spacial score (nSPS) is 25.8. The molecule has 0 aromatic carbocycles. The van der Waals surface area contributed by atoms with Crippen LogP contribution < -0.4 is 10.6 Å². The van der Waals surface area contributed by atoms with Crippen LogP contribution in [0.25, 0.3) is 0 Å². The molecule has 2 rings (SSSR count). The van der Waals surface area contributed by atoms with Gasteiger partial charge in [0, 0.05) is 45.3 Å². The minimum absolute atomic E-state index is 0.850. The third-order valence-electron chi connectivity index (χ3n) is 3.18. The van der Waals surface area contributed by atoms with Gasteiger partial charge in [0.1, 0.15) is 0 Å². The summed E-state index contributed by atoms with van der Waals surface area (Å²) in [6, 6.07) is 0.850. The Morgan fingerprint density at radius 1 is 1.23 bits per heavy atom. The van der Waals surface area contributed by atoms with Crippen LogP contribution in [0.4, 0.5) is 0 Å². The molecule has 0 amide bonds. The second-order valence-corrected chi connectivity index (χ2v) is 4.17. The lowest BCUT2D eigenvalue weighted by molar-refractivity contribution is 0.229. The van der Waals surface area contributed by atoms with Gasteiger partial charge in [0.15, 0.2) is 0 Å². The maximum atomic E-state index is 3.60. The van der Waals surface area contributed by atoms with Gasteiger partial charge in [-0.2, -0.15) is 0 Å². The summed E-state index contributed by atoms with van der Waals surface area (Å²) in [6.45, 7) is 7.22. The van der Waals surface area contributed by atoms with E-state index in [1.807, 2.05) is 0 Å². The molecule has 0 aromatic rings. The van der Waals surface area contributed by atoms with Crippen LogP contribution in [0.2, 0.25) is 0 Å². The lowest BCUT2D eigenvalue weighted by Crippen LogP contribution is -2.47. The summed E-state index contributed by atoms with van der Waals surface area (Å²) in [7, 11) is 0. The van der Waals surface area contributed by atoms with Crippen LogP contribution in [-0.4, -0.2) is 50.2 Å². The lowest BCUT2D eigenvalue weighted by Gasteiger charge is -2.30. The van der Waals surface area contributed by atoms with Crippen molar-refractivity contribution in [3.05, 3.63) is 0 Å². The van der Waals surface area contributed by atoms with Crippen molar-refractivity contribution in [3.8, 4) is 0 Å². The highest BCUT2D eigenvalue weighted by Gasteiger charge is 2.16. The van der Waals surface area contributed by atoms with Crippen LogP contribution >= 0.6 is 0 Å². The van der Waals surface area contributed by atoms with Gasteiger partial charge < -0.3 is 10.6 Å². The number of rotatable bonds is 4. The number of hydrogen-bond donors (Lipinski definition) is 2. The molecule has 3 heteroatoms. The van der Waals surface area contributed by atoms with Gasteiger partial charge in [-0.15, -0.1) is 0 Å². The number of nitrogens with one attached hydrogen (secondary N) is 2. The average Bonchev–Trinajstić information content (AvgIpc) is 2.11. The Labute approximate surface area is 80.9 Å². The van der Waals surface area contributed by atoms with Crippen molar-refractivity contribution in [2.24, 2.45) is 0 Å². The van der Waals surface area contributed by atoms with Crippen molar-refractivity contribution < 1.29 is 0 Å². The van der Waals surface area contributed by atoms with E-state index in [0.29, 0.717) is 0 Å². The van der Waals surface area contributed by atoms with E-state index in [-0.39, 0.29) is 0 Å². The molecule has 1 saturated carbocycles. The summed E-state index contributed by atoms with van der Waals surface area (Å²) in [5.74, 6) is 0. The van der Waals surface area contributed by atoms with Crippen LogP contribution in [0.5, 0.6) is 0 Å². The monoisotopic (exact) mass is 183 g/mol. The first-order valence-electron chi connectivity index (χ1n) is 5.61. The second kappa shape index (κ2) is 4.94. The van der Waals surface area contributed by atoms with Crippen LogP contribution in [-0.2, 0) is 0 Å². The molecule has 0 spiro atoms. The Bertz CT molecular complexity index is 139. The largest absolute Gasteiger partial charge is 0.314 e. The molecule has 0 aromatic heterocycles. The molecule has 2 aliphatic rings. The predicted molar refractivity (Wildman–Crippen MR) is 55.0 cm³/mol.